The summed E-state index contributed by atoms with van der Waals surface area (Å²) in [6.07, 6.45) is 2.08. The number of benzene rings is 2. The van der Waals surface area contributed by atoms with E-state index >= 15 is 0 Å². The zero-order valence-electron chi connectivity index (χ0n) is 12.5. The lowest BCUT2D eigenvalue weighted by molar-refractivity contribution is 0.319. The van der Waals surface area contributed by atoms with Crippen molar-refractivity contribution < 1.29 is 4.74 Å². The molecule has 2 aromatic carbocycles. The molecule has 21 heavy (non-hydrogen) atoms. The highest BCUT2D eigenvalue weighted by Crippen LogP contribution is 2.31. The number of nitrogens with two attached hydrogens (primary N) is 1. The van der Waals surface area contributed by atoms with E-state index in [0.717, 1.165) is 31.7 Å². The Kier molecular flexibility index (Phi) is 4.00. The quantitative estimate of drug-likeness (QED) is 0.870. The summed E-state index contributed by atoms with van der Waals surface area (Å²) in [5.41, 5.74) is 10.8. The van der Waals surface area contributed by atoms with Crippen molar-refractivity contribution in [2.75, 3.05) is 23.8 Å². The fraction of sp³-hybridized carbons (Fsp3) is 0.333. The fourth-order valence-electron chi connectivity index (χ4n) is 2.77. The van der Waals surface area contributed by atoms with Gasteiger partial charge in [-0.2, -0.15) is 0 Å². The van der Waals surface area contributed by atoms with Crippen LogP contribution in [0.1, 0.15) is 24.5 Å². The van der Waals surface area contributed by atoms with Crippen molar-refractivity contribution in [3.63, 3.8) is 0 Å². The molecule has 0 fully saturated rings. The molecular formula is C18H22N2O. The third kappa shape index (κ3) is 2.97. The smallest absolute Gasteiger partial charge is 0.144 e. The molecule has 0 amide bonds. The van der Waals surface area contributed by atoms with Crippen molar-refractivity contribution in [3.05, 3.63) is 53.6 Å². The molecule has 0 bridgehead atoms. The Morgan fingerprint density at radius 1 is 1.14 bits per heavy atom. The lowest BCUT2D eigenvalue weighted by Crippen LogP contribution is -2.30. The van der Waals surface area contributed by atoms with Crippen LogP contribution >= 0.6 is 0 Å². The second-order valence-electron chi connectivity index (χ2n) is 5.51. The second kappa shape index (κ2) is 6.08. The zero-order valence-corrected chi connectivity index (χ0v) is 12.5. The maximum absolute atomic E-state index is 5.99. The van der Waals surface area contributed by atoms with Gasteiger partial charge in [-0.1, -0.05) is 31.2 Å². The highest BCUT2D eigenvalue weighted by molar-refractivity contribution is 5.63. The molecule has 3 heteroatoms. The van der Waals surface area contributed by atoms with E-state index in [4.69, 9.17) is 10.5 Å². The van der Waals surface area contributed by atoms with Crippen molar-refractivity contribution in [1.82, 2.24) is 0 Å². The monoisotopic (exact) mass is 282 g/mol. The minimum Gasteiger partial charge on any atom is -0.491 e. The Bertz CT molecular complexity index is 624. The standard InChI is InChI=1S/C18H22N2O/c1-2-11-21-18-12-16(7-8-17(18)19)20-10-9-14-5-3-4-6-15(14)13-20/h3-8,12H,2,9-11,13,19H2,1H3. The molecule has 110 valence electrons. The van der Waals surface area contributed by atoms with Crippen LogP contribution in [0.25, 0.3) is 0 Å². The molecule has 1 heterocycles. The highest BCUT2D eigenvalue weighted by atomic mass is 16.5. The van der Waals surface area contributed by atoms with Gasteiger partial charge < -0.3 is 15.4 Å². The topological polar surface area (TPSA) is 38.5 Å². The molecule has 0 aliphatic carbocycles. The minimum absolute atomic E-state index is 0.705. The molecule has 0 aromatic heterocycles. The third-order valence-electron chi connectivity index (χ3n) is 3.95. The van der Waals surface area contributed by atoms with Gasteiger partial charge in [-0.05, 0) is 36.1 Å². The minimum atomic E-state index is 0.705. The Balaban J connectivity index is 1.81. The first-order valence-electron chi connectivity index (χ1n) is 7.62. The number of hydrogen-bond donors (Lipinski definition) is 1. The van der Waals surface area contributed by atoms with Gasteiger partial charge in [-0.25, -0.2) is 0 Å². The second-order valence-corrected chi connectivity index (χ2v) is 5.51. The molecule has 3 nitrogen and oxygen atoms in total. The molecule has 3 rings (SSSR count). The van der Waals surface area contributed by atoms with Gasteiger partial charge in [0, 0.05) is 24.8 Å². The largest absolute Gasteiger partial charge is 0.491 e. The number of ether oxygens (including phenoxy) is 1. The summed E-state index contributed by atoms with van der Waals surface area (Å²) in [5.74, 6) is 0.799. The van der Waals surface area contributed by atoms with Gasteiger partial charge in [-0.3, -0.25) is 0 Å². The predicted octanol–water partition coefficient (Wildman–Crippen LogP) is 3.62. The summed E-state index contributed by atoms with van der Waals surface area (Å²) in [5, 5.41) is 0. The summed E-state index contributed by atoms with van der Waals surface area (Å²) in [4.78, 5) is 2.39. The molecular weight excluding hydrogens is 260 g/mol. The lowest BCUT2D eigenvalue weighted by atomic mass is 9.99. The van der Waals surface area contributed by atoms with E-state index in [9.17, 15) is 0 Å². The molecule has 0 unspecified atom stereocenters. The highest BCUT2D eigenvalue weighted by Gasteiger charge is 2.17. The maximum Gasteiger partial charge on any atom is 0.144 e. The molecule has 0 saturated heterocycles. The average molecular weight is 282 g/mol. The van der Waals surface area contributed by atoms with Crippen LogP contribution in [-0.4, -0.2) is 13.2 Å². The van der Waals surface area contributed by atoms with Crippen molar-refractivity contribution in [2.24, 2.45) is 0 Å². The third-order valence-corrected chi connectivity index (χ3v) is 3.95. The molecule has 1 aliphatic heterocycles. The van der Waals surface area contributed by atoms with Gasteiger partial charge >= 0.3 is 0 Å². The van der Waals surface area contributed by atoms with Crippen LogP contribution in [0.15, 0.2) is 42.5 Å². The number of hydrogen-bond acceptors (Lipinski definition) is 3. The van der Waals surface area contributed by atoms with Crippen LogP contribution in [-0.2, 0) is 13.0 Å². The molecule has 0 spiro atoms. The normalized spacial score (nSPS) is 13.9. The maximum atomic E-state index is 5.99. The van der Waals surface area contributed by atoms with E-state index in [2.05, 4.69) is 48.2 Å². The van der Waals surface area contributed by atoms with E-state index in [1.165, 1.54) is 16.8 Å². The van der Waals surface area contributed by atoms with Gasteiger partial charge in [0.25, 0.3) is 0 Å². The Labute approximate surface area is 126 Å². The summed E-state index contributed by atoms with van der Waals surface area (Å²) >= 11 is 0. The number of nitrogen functional groups attached to an aromatic ring is 1. The van der Waals surface area contributed by atoms with Crippen LogP contribution in [0.4, 0.5) is 11.4 Å². The van der Waals surface area contributed by atoms with Crippen LogP contribution in [0, 0.1) is 0 Å². The Morgan fingerprint density at radius 3 is 2.76 bits per heavy atom. The van der Waals surface area contributed by atoms with Crippen LogP contribution in [0.5, 0.6) is 5.75 Å². The van der Waals surface area contributed by atoms with Gasteiger partial charge in [0.15, 0.2) is 0 Å². The van der Waals surface area contributed by atoms with Gasteiger partial charge in [-0.15, -0.1) is 0 Å². The van der Waals surface area contributed by atoms with Crippen molar-refractivity contribution in [3.8, 4) is 5.75 Å². The van der Waals surface area contributed by atoms with Crippen molar-refractivity contribution in [2.45, 2.75) is 26.3 Å². The van der Waals surface area contributed by atoms with E-state index in [0.29, 0.717) is 12.3 Å². The average Bonchev–Trinajstić information content (AvgIpc) is 2.53. The first kappa shape index (κ1) is 13.8. The summed E-state index contributed by atoms with van der Waals surface area (Å²) < 4.78 is 5.74. The molecule has 2 aromatic rings. The SMILES string of the molecule is CCCOc1cc(N2CCc3ccccc3C2)ccc1N. The van der Waals surface area contributed by atoms with Crippen LogP contribution in [0.3, 0.4) is 0 Å². The summed E-state index contributed by atoms with van der Waals surface area (Å²) in [6.45, 7) is 4.79. The van der Waals surface area contributed by atoms with Crippen molar-refractivity contribution in [1.29, 1.82) is 0 Å². The number of anilines is 2. The molecule has 0 radical (unpaired) electrons. The van der Waals surface area contributed by atoms with Crippen molar-refractivity contribution >= 4 is 11.4 Å². The predicted molar refractivity (Wildman–Crippen MR) is 87.8 cm³/mol. The van der Waals surface area contributed by atoms with E-state index in [1.54, 1.807) is 0 Å². The number of fused-ring (bicyclic) bond motifs is 1. The number of nitrogens with zero attached hydrogens (tertiary/aromatic N) is 1. The Hall–Kier alpha value is -2.16. The van der Waals surface area contributed by atoms with Crippen LogP contribution < -0.4 is 15.4 Å². The van der Waals surface area contributed by atoms with E-state index in [1.807, 2.05) is 6.07 Å². The summed E-state index contributed by atoms with van der Waals surface area (Å²) in [7, 11) is 0. The summed E-state index contributed by atoms with van der Waals surface area (Å²) in [6, 6.07) is 14.8. The molecule has 0 atom stereocenters. The molecule has 1 aliphatic rings. The van der Waals surface area contributed by atoms with E-state index < -0.39 is 0 Å². The first-order chi connectivity index (χ1) is 10.3. The molecule has 2 N–H and O–H groups in total. The van der Waals surface area contributed by atoms with Gasteiger partial charge in [0.1, 0.15) is 5.75 Å². The number of rotatable bonds is 4. The fourth-order valence-corrected chi connectivity index (χ4v) is 2.77. The van der Waals surface area contributed by atoms with Crippen LogP contribution in [0.2, 0.25) is 0 Å². The first-order valence-corrected chi connectivity index (χ1v) is 7.62. The molecule has 0 saturated carbocycles. The van der Waals surface area contributed by atoms with Gasteiger partial charge in [0.05, 0.1) is 12.3 Å². The van der Waals surface area contributed by atoms with Gasteiger partial charge in [0.2, 0.25) is 0 Å². The Morgan fingerprint density at radius 2 is 1.95 bits per heavy atom. The zero-order chi connectivity index (χ0) is 14.7. The van der Waals surface area contributed by atoms with E-state index in [-0.39, 0.29) is 0 Å². The lowest BCUT2D eigenvalue weighted by Gasteiger charge is -2.31.